The lowest BCUT2D eigenvalue weighted by Crippen LogP contribution is -2.42. The van der Waals surface area contributed by atoms with Crippen molar-refractivity contribution in [2.75, 3.05) is 0 Å². The maximum absolute atomic E-state index is 11.8. The largest absolute Gasteiger partial charge is 0.475 e. The number of rotatable bonds is 2. The molecule has 1 aliphatic rings. The Morgan fingerprint density at radius 2 is 2.11 bits per heavy atom. The van der Waals surface area contributed by atoms with Crippen LogP contribution in [0.2, 0.25) is 0 Å². The predicted octanol–water partition coefficient (Wildman–Crippen LogP) is 0.297. The van der Waals surface area contributed by atoms with Crippen LogP contribution in [-0.4, -0.2) is 20.6 Å². The number of carbonyl (C=O) groups is 1. The first-order valence-electron chi connectivity index (χ1n) is 5.70. The second-order valence-electron chi connectivity index (χ2n) is 4.81. The van der Waals surface area contributed by atoms with Crippen LogP contribution in [-0.2, 0) is 15.3 Å². The van der Waals surface area contributed by atoms with Gasteiger partial charge in [-0.05, 0) is 26.3 Å². The summed E-state index contributed by atoms with van der Waals surface area (Å²) < 4.78 is 6.62. The molecule has 1 aromatic heterocycles. The highest BCUT2D eigenvalue weighted by molar-refractivity contribution is 5.85. The number of carboxylic acid groups (broad SMARTS) is 1. The van der Waals surface area contributed by atoms with E-state index in [-0.39, 0.29) is 12.2 Å². The molecule has 19 heavy (non-hydrogen) atoms. The first-order valence-corrected chi connectivity index (χ1v) is 5.70. The van der Waals surface area contributed by atoms with Crippen LogP contribution in [0.3, 0.4) is 0 Å². The van der Waals surface area contributed by atoms with Gasteiger partial charge >= 0.3 is 11.7 Å². The number of hydrogen-bond acceptors (Lipinski definition) is 4. The number of nitrogens with one attached hydrogen (secondary N) is 1. The quantitative estimate of drug-likeness (QED) is 0.801. The third-order valence-corrected chi connectivity index (χ3v) is 3.13. The number of hydrogen-bond donors (Lipinski definition) is 2. The van der Waals surface area contributed by atoms with Gasteiger partial charge in [0.1, 0.15) is 0 Å². The summed E-state index contributed by atoms with van der Waals surface area (Å²) in [5.41, 5.74) is -1.33. The van der Waals surface area contributed by atoms with E-state index in [0.29, 0.717) is 11.1 Å². The lowest BCUT2D eigenvalue weighted by atomic mass is 10.1. The molecule has 2 N–H and O–H groups in total. The summed E-state index contributed by atoms with van der Waals surface area (Å²) in [4.78, 5) is 36.3. The molecule has 0 aromatic carbocycles. The highest BCUT2D eigenvalue weighted by Crippen LogP contribution is 2.36. The number of aromatic nitrogens is 2. The lowest BCUT2D eigenvalue weighted by molar-refractivity contribution is -0.141. The van der Waals surface area contributed by atoms with E-state index in [1.54, 1.807) is 20.8 Å². The van der Waals surface area contributed by atoms with Crippen molar-refractivity contribution in [2.45, 2.75) is 32.9 Å². The molecule has 0 aliphatic carbocycles. The van der Waals surface area contributed by atoms with Gasteiger partial charge in [-0.25, -0.2) is 9.59 Å². The summed E-state index contributed by atoms with van der Waals surface area (Å²) in [6.07, 6.45) is 1.64. The van der Waals surface area contributed by atoms with Crippen molar-refractivity contribution in [3.63, 3.8) is 0 Å². The fraction of sp³-hybridized carbons (Fsp3) is 0.417. The number of H-pyrrole nitrogens is 1. The second kappa shape index (κ2) is 4.11. The molecular formula is C12H14N2O5. The Balaban J connectivity index is 2.51. The first-order chi connectivity index (χ1) is 8.74. The van der Waals surface area contributed by atoms with Gasteiger partial charge in [0.2, 0.25) is 5.76 Å². The smallest absolute Gasteiger partial charge is 0.371 e. The average Bonchev–Trinajstić information content (AvgIpc) is 2.60. The van der Waals surface area contributed by atoms with Gasteiger partial charge in [-0.1, -0.05) is 0 Å². The number of carboxylic acids is 1. The van der Waals surface area contributed by atoms with Crippen molar-refractivity contribution in [3.8, 4) is 0 Å². The highest BCUT2D eigenvalue weighted by atomic mass is 16.5. The maximum atomic E-state index is 11.8. The number of aryl methyl sites for hydroxylation is 1. The Kier molecular flexibility index (Phi) is 2.84. The predicted molar refractivity (Wildman–Crippen MR) is 65.7 cm³/mol. The van der Waals surface area contributed by atoms with E-state index in [1.165, 1.54) is 10.8 Å². The Bertz CT molecular complexity index is 697. The van der Waals surface area contributed by atoms with Crippen molar-refractivity contribution < 1.29 is 14.6 Å². The van der Waals surface area contributed by atoms with Crippen LogP contribution in [0.5, 0.6) is 0 Å². The van der Waals surface area contributed by atoms with Crippen LogP contribution in [0.25, 0.3) is 0 Å². The summed E-state index contributed by atoms with van der Waals surface area (Å²) in [6, 6.07) is 0. The summed E-state index contributed by atoms with van der Waals surface area (Å²) in [5.74, 6) is -1.33. The van der Waals surface area contributed by atoms with Crippen LogP contribution in [0.1, 0.15) is 25.8 Å². The lowest BCUT2D eigenvalue weighted by Gasteiger charge is -2.27. The van der Waals surface area contributed by atoms with Gasteiger partial charge < -0.3 is 9.84 Å². The van der Waals surface area contributed by atoms with Crippen molar-refractivity contribution in [3.05, 3.63) is 43.9 Å². The van der Waals surface area contributed by atoms with E-state index in [4.69, 9.17) is 9.84 Å². The van der Waals surface area contributed by atoms with Gasteiger partial charge in [-0.15, -0.1) is 0 Å². The molecule has 1 aliphatic heterocycles. The van der Waals surface area contributed by atoms with Gasteiger partial charge in [0.05, 0.1) is 0 Å². The Hall–Kier alpha value is -2.31. The first kappa shape index (κ1) is 13.1. The van der Waals surface area contributed by atoms with Crippen LogP contribution < -0.4 is 11.2 Å². The SMILES string of the molecule is CC1=C(C(=O)O)O[C@](C)(n2cc(C)c(=O)[nH]c2=O)C1. The molecule has 2 heterocycles. The second-order valence-corrected chi connectivity index (χ2v) is 4.81. The van der Waals surface area contributed by atoms with Gasteiger partial charge in [-0.2, -0.15) is 0 Å². The zero-order valence-electron chi connectivity index (χ0n) is 10.8. The molecule has 1 atom stereocenters. The van der Waals surface area contributed by atoms with Crippen LogP contribution in [0.15, 0.2) is 27.1 Å². The Morgan fingerprint density at radius 1 is 1.47 bits per heavy atom. The van der Waals surface area contributed by atoms with E-state index in [1.807, 2.05) is 0 Å². The van der Waals surface area contributed by atoms with Gasteiger partial charge in [0, 0.05) is 18.2 Å². The summed E-state index contributed by atoms with van der Waals surface area (Å²) >= 11 is 0. The molecule has 7 nitrogen and oxygen atoms in total. The standard InChI is InChI=1S/C12H14N2O5/c1-6-4-12(3,19-8(6)10(16)17)14-5-7(2)9(15)13-11(14)18/h5H,4H2,1-3H3,(H,16,17)(H,13,15,18)/t12-/m0/s1. The molecule has 2 rings (SSSR count). The minimum Gasteiger partial charge on any atom is -0.475 e. The summed E-state index contributed by atoms with van der Waals surface area (Å²) in [7, 11) is 0. The topological polar surface area (TPSA) is 101 Å². The van der Waals surface area contributed by atoms with Crippen LogP contribution in [0.4, 0.5) is 0 Å². The number of aliphatic carboxylic acids is 1. The molecule has 0 spiro atoms. The van der Waals surface area contributed by atoms with Crippen molar-refractivity contribution in [1.82, 2.24) is 9.55 Å². The van der Waals surface area contributed by atoms with Gasteiger partial charge in [-0.3, -0.25) is 14.3 Å². The fourth-order valence-electron chi connectivity index (χ4n) is 2.19. The molecule has 0 fully saturated rings. The molecule has 0 bridgehead atoms. The molecule has 7 heteroatoms. The molecule has 0 radical (unpaired) electrons. The minimum atomic E-state index is -1.17. The van der Waals surface area contributed by atoms with Crippen molar-refractivity contribution in [1.29, 1.82) is 0 Å². The van der Waals surface area contributed by atoms with Crippen LogP contribution in [0, 0.1) is 6.92 Å². The molecule has 0 unspecified atom stereocenters. The van der Waals surface area contributed by atoms with E-state index in [2.05, 4.69) is 4.98 Å². The van der Waals surface area contributed by atoms with E-state index in [9.17, 15) is 14.4 Å². The fourth-order valence-corrected chi connectivity index (χ4v) is 2.19. The zero-order valence-corrected chi connectivity index (χ0v) is 10.8. The minimum absolute atomic E-state index is 0.154. The van der Waals surface area contributed by atoms with Crippen molar-refractivity contribution >= 4 is 5.97 Å². The molecule has 0 saturated heterocycles. The van der Waals surface area contributed by atoms with E-state index >= 15 is 0 Å². The normalized spacial score (nSPS) is 22.5. The van der Waals surface area contributed by atoms with Crippen molar-refractivity contribution in [2.24, 2.45) is 0 Å². The summed E-state index contributed by atoms with van der Waals surface area (Å²) in [6.45, 7) is 4.80. The number of ether oxygens (including phenoxy) is 1. The zero-order chi connectivity index (χ0) is 14.4. The van der Waals surface area contributed by atoms with E-state index < -0.39 is 22.9 Å². The molecule has 1 aromatic rings. The Morgan fingerprint density at radius 3 is 2.63 bits per heavy atom. The highest BCUT2D eigenvalue weighted by Gasteiger charge is 2.40. The third kappa shape index (κ3) is 2.07. The maximum Gasteiger partial charge on any atom is 0.371 e. The summed E-state index contributed by atoms with van der Waals surface area (Å²) in [5, 5.41) is 9.00. The third-order valence-electron chi connectivity index (χ3n) is 3.13. The van der Waals surface area contributed by atoms with E-state index in [0.717, 1.165) is 0 Å². The van der Waals surface area contributed by atoms with Gasteiger partial charge in [0.25, 0.3) is 5.56 Å². The number of nitrogens with zero attached hydrogens (tertiary/aromatic N) is 1. The molecule has 0 saturated carbocycles. The molecule has 102 valence electrons. The van der Waals surface area contributed by atoms with Gasteiger partial charge in [0.15, 0.2) is 5.72 Å². The monoisotopic (exact) mass is 266 g/mol. The molecular weight excluding hydrogens is 252 g/mol. The van der Waals surface area contributed by atoms with Crippen LogP contribution >= 0.6 is 0 Å². The molecule has 0 amide bonds. The average molecular weight is 266 g/mol. The Labute approximate surface area is 108 Å². The number of aromatic amines is 1.